The molecule has 7 heteroatoms. The molecule has 0 bridgehead atoms. The molecular weight excluding hydrogens is 285 g/mol. The van der Waals surface area contributed by atoms with Gasteiger partial charge in [0.1, 0.15) is 12.4 Å². The molecule has 1 amide bonds. The molecule has 0 radical (unpaired) electrons. The number of carbonyl (C=O) groups is 1. The van der Waals surface area contributed by atoms with E-state index in [1.807, 2.05) is 13.0 Å². The number of ether oxygens (including phenoxy) is 1. The van der Waals surface area contributed by atoms with E-state index < -0.39 is 17.6 Å². The Kier molecular flexibility index (Phi) is 5.22. The molecule has 1 aromatic rings. The van der Waals surface area contributed by atoms with Crippen LogP contribution < -0.4 is 10.5 Å². The maximum atomic E-state index is 12.7. The number of nitrogens with two attached hydrogens (primary N) is 1. The first-order valence-electron chi connectivity index (χ1n) is 6.36. The predicted molar refractivity (Wildman–Crippen MR) is 73.0 cm³/mol. The van der Waals surface area contributed by atoms with Gasteiger partial charge in [0.2, 0.25) is 0 Å². The summed E-state index contributed by atoms with van der Waals surface area (Å²) < 4.78 is 43.4. The van der Waals surface area contributed by atoms with E-state index in [0.29, 0.717) is 12.7 Å². The summed E-state index contributed by atoms with van der Waals surface area (Å²) in [5.41, 5.74) is 3.19. The van der Waals surface area contributed by atoms with Gasteiger partial charge < -0.3 is 15.4 Å². The molecule has 0 fully saturated rings. The van der Waals surface area contributed by atoms with Crippen LogP contribution in [0.25, 0.3) is 0 Å². The summed E-state index contributed by atoms with van der Waals surface area (Å²) >= 11 is 0. The summed E-state index contributed by atoms with van der Waals surface area (Å²) in [5.74, 6) is -0.593. The van der Waals surface area contributed by atoms with E-state index in [1.54, 1.807) is 18.2 Å². The molecule has 0 spiro atoms. The molecule has 21 heavy (non-hydrogen) atoms. The molecule has 2 N–H and O–H groups in total. The van der Waals surface area contributed by atoms with Gasteiger partial charge in [-0.05, 0) is 31.5 Å². The molecule has 0 aliphatic rings. The van der Waals surface area contributed by atoms with Crippen molar-refractivity contribution in [2.45, 2.75) is 25.6 Å². The number of nitrogens with zero attached hydrogens (tertiary/aromatic N) is 1. The minimum Gasteiger partial charge on any atom is -0.492 e. The van der Waals surface area contributed by atoms with Crippen molar-refractivity contribution in [1.82, 2.24) is 4.90 Å². The largest absolute Gasteiger partial charge is 0.492 e. The summed E-state index contributed by atoms with van der Waals surface area (Å²) in [6.45, 7) is 2.65. The number of amides is 1. The van der Waals surface area contributed by atoms with Gasteiger partial charge in [0.05, 0.1) is 6.54 Å². The van der Waals surface area contributed by atoms with Crippen LogP contribution in [0.4, 0.5) is 13.2 Å². The van der Waals surface area contributed by atoms with Crippen molar-refractivity contribution in [2.75, 3.05) is 20.2 Å². The molecule has 1 aromatic carbocycles. The number of hydrogen-bond acceptors (Lipinski definition) is 3. The maximum Gasteiger partial charge on any atom is 0.415 e. The van der Waals surface area contributed by atoms with Crippen LogP contribution in [0.2, 0.25) is 0 Å². The molecule has 0 saturated carbocycles. The molecule has 1 atom stereocenters. The number of likely N-dealkylation sites (N-methyl/N-ethyl adjacent to an activating group) is 1. The molecule has 0 aliphatic carbocycles. The Morgan fingerprint density at radius 1 is 1.38 bits per heavy atom. The van der Waals surface area contributed by atoms with E-state index in [-0.39, 0.29) is 13.2 Å². The molecule has 0 aliphatic heterocycles. The smallest absolute Gasteiger partial charge is 0.415 e. The normalized spacial score (nSPS) is 14.4. The third kappa shape index (κ3) is 4.35. The van der Waals surface area contributed by atoms with Crippen molar-refractivity contribution in [3.8, 4) is 5.75 Å². The van der Waals surface area contributed by atoms with Crippen molar-refractivity contribution < 1.29 is 22.7 Å². The summed E-state index contributed by atoms with van der Waals surface area (Å²) in [4.78, 5) is 12.7. The fraction of sp³-hybridized carbons (Fsp3) is 0.500. The monoisotopic (exact) mass is 304 g/mol. The zero-order valence-corrected chi connectivity index (χ0v) is 12.2. The average molecular weight is 304 g/mol. The fourth-order valence-electron chi connectivity index (χ4n) is 1.62. The lowest BCUT2D eigenvalue weighted by molar-refractivity contribution is -0.193. The van der Waals surface area contributed by atoms with Crippen molar-refractivity contribution in [2.24, 2.45) is 5.73 Å². The average Bonchev–Trinajstić information content (AvgIpc) is 2.36. The van der Waals surface area contributed by atoms with Crippen LogP contribution in [0.5, 0.6) is 5.75 Å². The second-order valence-corrected chi connectivity index (χ2v) is 5.09. The molecule has 1 rings (SSSR count). The van der Waals surface area contributed by atoms with Crippen LogP contribution in [0.15, 0.2) is 24.3 Å². The molecule has 118 valence electrons. The van der Waals surface area contributed by atoms with Gasteiger partial charge in [-0.2, -0.15) is 13.2 Å². The Balaban J connectivity index is 2.54. The van der Waals surface area contributed by atoms with Crippen LogP contribution in [0, 0.1) is 6.92 Å². The molecule has 0 heterocycles. The molecular formula is C14H19F3N2O2. The van der Waals surface area contributed by atoms with Crippen LogP contribution >= 0.6 is 0 Å². The quantitative estimate of drug-likeness (QED) is 0.906. The van der Waals surface area contributed by atoms with Gasteiger partial charge in [0, 0.05) is 7.05 Å². The number of rotatable bonds is 5. The minimum absolute atomic E-state index is 0.00957. The second kappa shape index (κ2) is 6.34. The third-order valence-electron chi connectivity index (χ3n) is 3.06. The van der Waals surface area contributed by atoms with Crippen LogP contribution in [-0.2, 0) is 4.79 Å². The van der Waals surface area contributed by atoms with Crippen LogP contribution in [0.1, 0.15) is 12.5 Å². The lowest BCUT2D eigenvalue weighted by atomic mass is 10.0. The first-order valence-corrected chi connectivity index (χ1v) is 6.36. The Morgan fingerprint density at radius 2 is 2.00 bits per heavy atom. The van der Waals surface area contributed by atoms with E-state index in [0.717, 1.165) is 10.5 Å². The first kappa shape index (κ1) is 17.3. The summed E-state index contributed by atoms with van der Waals surface area (Å²) in [7, 11) is 1.26. The van der Waals surface area contributed by atoms with Gasteiger partial charge in [0.15, 0.2) is 5.54 Å². The lowest BCUT2D eigenvalue weighted by Crippen LogP contribution is -2.61. The van der Waals surface area contributed by atoms with Crippen molar-refractivity contribution in [3.63, 3.8) is 0 Å². The topological polar surface area (TPSA) is 55.6 Å². The number of aryl methyl sites for hydroxylation is 1. The Bertz CT molecular complexity index is 501. The predicted octanol–water partition coefficient (Wildman–Crippen LogP) is 2.11. The summed E-state index contributed by atoms with van der Waals surface area (Å²) in [6, 6.07) is 7.23. The van der Waals surface area contributed by atoms with Crippen molar-refractivity contribution in [1.29, 1.82) is 0 Å². The number of hydrogen-bond donors (Lipinski definition) is 1. The van der Waals surface area contributed by atoms with Gasteiger partial charge in [-0.1, -0.05) is 12.1 Å². The molecule has 0 saturated heterocycles. The number of carbonyl (C=O) groups excluding carboxylic acids is 1. The number of halogens is 3. The highest BCUT2D eigenvalue weighted by Gasteiger charge is 2.54. The van der Waals surface area contributed by atoms with Gasteiger partial charge in [-0.3, -0.25) is 4.79 Å². The van der Waals surface area contributed by atoms with E-state index >= 15 is 0 Å². The Morgan fingerprint density at radius 3 is 2.52 bits per heavy atom. The van der Waals surface area contributed by atoms with E-state index in [4.69, 9.17) is 10.5 Å². The minimum atomic E-state index is -4.80. The summed E-state index contributed by atoms with van der Waals surface area (Å²) in [5, 5.41) is 0. The molecule has 0 aromatic heterocycles. The molecule has 4 nitrogen and oxygen atoms in total. The van der Waals surface area contributed by atoms with E-state index in [2.05, 4.69) is 0 Å². The number of benzene rings is 1. The molecule has 1 unspecified atom stereocenters. The van der Waals surface area contributed by atoms with Gasteiger partial charge >= 0.3 is 6.18 Å². The van der Waals surface area contributed by atoms with E-state index in [1.165, 1.54) is 7.05 Å². The van der Waals surface area contributed by atoms with Gasteiger partial charge in [0.25, 0.3) is 5.91 Å². The zero-order chi connectivity index (χ0) is 16.3. The third-order valence-corrected chi connectivity index (χ3v) is 3.06. The maximum absolute atomic E-state index is 12.7. The second-order valence-electron chi connectivity index (χ2n) is 5.09. The number of alkyl halides is 3. The van der Waals surface area contributed by atoms with Crippen LogP contribution in [0.3, 0.4) is 0 Å². The van der Waals surface area contributed by atoms with E-state index in [9.17, 15) is 18.0 Å². The fourth-order valence-corrected chi connectivity index (χ4v) is 1.62. The standard InChI is InChI=1S/C14H19F3N2O2/c1-10-5-4-6-11(9-10)21-8-7-19(3)12(20)13(2,18)14(15,16)17/h4-6,9H,7-8,18H2,1-3H3. The van der Waals surface area contributed by atoms with Crippen molar-refractivity contribution >= 4 is 5.91 Å². The summed E-state index contributed by atoms with van der Waals surface area (Å²) in [6.07, 6.45) is -4.80. The zero-order valence-electron chi connectivity index (χ0n) is 12.2. The van der Waals surface area contributed by atoms with Gasteiger partial charge in [-0.15, -0.1) is 0 Å². The van der Waals surface area contributed by atoms with Crippen LogP contribution in [-0.4, -0.2) is 42.7 Å². The Labute approximate surface area is 121 Å². The SMILES string of the molecule is Cc1cccc(OCCN(C)C(=O)C(C)(N)C(F)(F)F)c1. The van der Waals surface area contributed by atoms with Gasteiger partial charge in [-0.25, -0.2) is 0 Å². The first-order chi connectivity index (χ1) is 9.55. The Hall–Kier alpha value is -1.76. The highest BCUT2D eigenvalue weighted by molar-refractivity contribution is 5.86. The highest BCUT2D eigenvalue weighted by atomic mass is 19.4. The highest BCUT2D eigenvalue weighted by Crippen LogP contribution is 2.29. The van der Waals surface area contributed by atoms with Crippen molar-refractivity contribution in [3.05, 3.63) is 29.8 Å². The lowest BCUT2D eigenvalue weighted by Gasteiger charge is -2.30.